The lowest BCUT2D eigenvalue weighted by Crippen LogP contribution is -2.50. The standard InChI is InChI=1S/C25H31N5O2S/c1-28(2)16-21-26-24(23-19-10-6-7-11-20(19)33-25(23)27-21)30-14-12-29(13-15-30)22(31)17-32-18-8-4-3-5-9-18/h3-5,8-9H,6-7,10-17H2,1-2H3. The SMILES string of the molecule is CN(C)Cc1nc(N2CCN(C(=O)COc3ccccc3)CC2)c2c3c(sc2n1)CCCC3. The molecule has 1 saturated heterocycles. The molecule has 1 aliphatic heterocycles. The Morgan fingerprint density at radius 3 is 2.58 bits per heavy atom. The van der Waals surface area contributed by atoms with Gasteiger partial charge in [-0.2, -0.15) is 0 Å². The molecule has 1 amide bonds. The summed E-state index contributed by atoms with van der Waals surface area (Å²) in [6, 6.07) is 9.51. The summed E-state index contributed by atoms with van der Waals surface area (Å²) in [5.74, 6) is 2.69. The van der Waals surface area contributed by atoms with Crippen LogP contribution in [-0.2, 0) is 24.2 Å². The van der Waals surface area contributed by atoms with Crippen LogP contribution >= 0.6 is 11.3 Å². The minimum Gasteiger partial charge on any atom is -0.484 e. The van der Waals surface area contributed by atoms with E-state index in [1.807, 2.05) is 46.6 Å². The average Bonchev–Trinajstić information content (AvgIpc) is 3.21. The molecule has 33 heavy (non-hydrogen) atoms. The molecule has 3 aromatic rings. The number of para-hydroxylation sites is 1. The van der Waals surface area contributed by atoms with E-state index in [0.29, 0.717) is 13.1 Å². The second kappa shape index (κ2) is 9.65. The number of aryl methyl sites for hydroxylation is 2. The number of hydrogen-bond donors (Lipinski definition) is 0. The molecule has 7 nitrogen and oxygen atoms in total. The van der Waals surface area contributed by atoms with Crippen LogP contribution in [0.25, 0.3) is 10.2 Å². The summed E-state index contributed by atoms with van der Waals surface area (Å²) in [7, 11) is 4.10. The van der Waals surface area contributed by atoms with Crippen molar-refractivity contribution in [2.45, 2.75) is 32.2 Å². The van der Waals surface area contributed by atoms with E-state index in [1.54, 1.807) is 0 Å². The molecule has 0 saturated carbocycles. The van der Waals surface area contributed by atoms with E-state index in [2.05, 4.69) is 23.9 Å². The van der Waals surface area contributed by atoms with Gasteiger partial charge in [0, 0.05) is 31.1 Å². The topological polar surface area (TPSA) is 61.8 Å². The Balaban J connectivity index is 1.33. The molecule has 0 N–H and O–H groups in total. The number of hydrogen-bond acceptors (Lipinski definition) is 7. The Hall–Kier alpha value is -2.71. The van der Waals surface area contributed by atoms with Crippen LogP contribution in [0.3, 0.4) is 0 Å². The largest absolute Gasteiger partial charge is 0.484 e. The van der Waals surface area contributed by atoms with Crippen LogP contribution in [0.5, 0.6) is 5.75 Å². The van der Waals surface area contributed by atoms with Crippen LogP contribution in [-0.4, -0.2) is 72.6 Å². The zero-order valence-electron chi connectivity index (χ0n) is 19.4. The highest BCUT2D eigenvalue weighted by molar-refractivity contribution is 7.19. The number of carbonyl (C=O) groups excluding carboxylic acids is 1. The fraction of sp³-hybridized carbons (Fsp3) is 0.480. The molecule has 5 rings (SSSR count). The summed E-state index contributed by atoms with van der Waals surface area (Å²) in [5, 5.41) is 1.25. The van der Waals surface area contributed by atoms with Gasteiger partial charge in [-0.15, -0.1) is 11.3 Å². The molecule has 1 aromatic carbocycles. The Kier molecular flexibility index (Phi) is 6.46. The van der Waals surface area contributed by atoms with Gasteiger partial charge in [-0.3, -0.25) is 4.79 Å². The van der Waals surface area contributed by atoms with E-state index in [4.69, 9.17) is 14.7 Å². The highest BCUT2D eigenvalue weighted by Crippen LogP contribution is 2.40. The molecule has 0 bridgehead atoms. The molecule has 0 atom stereocenters. The van der Waals surface area contributed by atoms with Gasteiger partial charge in [0.1, 0.15) is 22.2 Å². The number of piperazine rings is 1. The van der Waals surface area contributed by atoms with Crippen molar-refractivity contribution in [1.29, 1.82) is 0 Å². The van der Waals surface area contributed by atoms with Gasteiger partial charge in [-0.1, -0.05) is 18.2 Å². The highest BCUT2D eigenvalue weighted by atomic mass is 32.1. The summed E-state index contributed by atoms with van der Waals surface area (Å²) in [5.41, 5.74) is 1.46. The van der Waals surface area contributed by atoms with E-state index < -0.39 is 0 Å². The maximum absolute atomic E-state index is 12.7. The van der Waals surface area contributed by atoms with Gasteiger partial charge < -0.3 is 19.4 Å². The van der Waals surface area contributed by atoms with E-state index in [-0.39, 0.29) is 12.5 Å². The van der Waals surface area contributed by atoms with E-state index in [0.717, 1.165) is 54.7 Å². The van der Waals surface area contributed by atoms with Gasteiger partial charge in [-0.05, 0) is 57.5 Å². The number of fused-ring (bicyclic) bond motifs is 3. The number of rotatable bonds is 6. The molecule has 0 radical (unpaired) electrons. The Labute approximate surface area is 199 Å². The van der Waals surface area contributed by atoms with Crippen LogP contribution in [0.2, 0.25) is 0 Å². The molecule has 174 valence electrons. The third-order valence-electron chi connectivity index (χ3n) is 6.34. The van der Waals surface area contributed by atoms with Gasteiger partial charge in [0.25, 0.3) is 5.91 Å². The van der Waals surface area contributed by atoms with Gasteiger partial charge in [0.15, 0.2) is 6.61 Å². The van der Waals surface area contributed by atoms with Crippen LogP contribution < -0.4 is 9.64 Å². The van der Waals surface area contributed by atoms with Gasteiger partial charge in [0.05, 0.1) is 11.9 Å². The maximum atomic E-state index is 12.7. The van der Waals surface area contributed by atoms with Crippen molar-refractivity contribution in [3.8, 4) is 5.75 Å². The number of amides is 1. The quantitative estimate of drug-likeness (QED) is 0.556. The lowest BCUT2D eigenvalue weighted by Gasteiger charge is -2.36. The first kappa shape index (κ1) is 22.1. The van der Waals surface area contributed by atoms with Crippen LogP contribution in [0.15, 0.2) is 30.3 Å². The van der Waals surface area contributed by atoms with Crippen molar-refractivity contribution in [1.82, 2.24) is 19.8 Å². The normalized spacial score (nSPS) is 16.3. The van der Waals surface area contributed by atoms with Crippen LogP contribution in [0, 0.1) is 0 Å². The zero-order valence-corrected chi connectivity index (χ0v) is 20.2. The van der Waals surface area contributed by atoms with Crippen LogP contribution in [0.4, 0.5) is 5.82 Å². The van der Waals surface area contributed by atoms with E-state index in [9.17, 15) is 4.79 Å². The second-order valence-electron chi connectivity index (χ2n) is 9.06. The third kappa shape index (κ3) is 4.82. The first-order valence-electron chi connectivity index (χ1n) is 11.7. The first-order chi connectivity index (χ1) is 16.1. The molecular formula is C25H31N5O2S. The number of carbonyl (C=O) groups is 1. The summed E-state index contributed by atoms with van der Waals surface area (Å²) in [6.45, 7) is 3.70. The van der Waals surface area contributed by atoms with E-state index in [1.165, 1.54) is 28.7 Å². The van der Waals surface area contributed by atoms with Crippen molar-refractivity contribution < 1.29 is 9.53 Å². The first-order valence-corrected chi connectivity index (χ1v) is 12.6. The maximum Gasteiger partial charge on any atom is 0.260 e. The van der Waals surface area contributed by atoms with Crippen molar-refractivity contribution in [2.75, 3.05) is 51.8 Å². The molecule has 2 aliphatic rings. The fourth-order valence-electron chi connectivity index (χ4n) is 4.68. The molecule has 3 heterocycles. The van der Waals surface area contributed by atoms with Crippen LogP contribution in [0.1, 0.15) is 29.1 Å². The molecule has 1 fully saturated rings. The minimum absolute atomic E-state index is 0.0348. The van der Waals surface area contributed by atoms with E-state index >= 15 is 0 Å². The van der Waals surface area contributed by atoms with Gasteiger partial charge in [0.2, 0.25) is 0 Å². The number of aromatic nitrogens is 2. The Morgan fingerprint density at radius 2 is 1.82 bits per heavy atom. The number of ether oxygens (including phenoxy) is 1. The molecule has 0 unspecified atom stereocenters. The predicted octanol–water partition coefficient (Wildman–Crippen LogP) is 3.36. The molecule has 2 aromatic heterocycles. The Bertz CT molecular complexity index is 1120. The smallest absolute Gasteiger partial charge is 0.260 e. The number of nitrogens with zero attached hydrogens (tertiary/aromatic N) is 5. The molecule has 1 aliphatic carbocycles. The predicted molar refractivity (Wildman–Crippen MR) is 132 cm³/mol. The van der Waals surface area contributed by atoms with Gasteiger partial charge >= 0.3 is 0 Å². The minimum atomic E-state index is 0.0348. The monoisotopic (exact) mass is 465 g/mol. The average molecular weight is 466 g/mol. The summed E-state index contributed by atoms with van der Waals surface area (Å²) in [4.78, 5) is 31.7. The molecule has 0 spiro atoms. The lowest BCUT2D eigenvalue weighted by molar-refractivity contribution is -0.133. The summed E-state index contributed by atoms with van der Waals surface area (Å²) >= 11 is 1.85. The lowest BCUT2D eigenvalue weighted by atomic mass is 9.97. The fourth-order valence-corrected chi connectivity index (χ4v) is 5.96. The highest BCUT2D eigenvalue weighted by Gasteiger charge is 2.27. The molecular weight excluding hydrogens is 434 g/mol. The van der Waals surface area contributed by atoms with Crippen molar-refractivity contribution in [3.63, 3.8) is 0 Å². The van der Waals surface area contributed by atoms with Crippen molar-refractivity contribution in [3.05, 3.63) is 46.6 Å². The Morgan fingerprint density at radius 1 is 1.06 bits per heavy atom. The third-order valence-corrected chi connectivity index (χ3v) is 7.52. The second-order valence-corrected chi connectivity index (χ2v) is 10.1. The number of anilines is 1. The van der Waals surface area contributed by atoms with Gasteiger partial charge in [-0.25, -0.2) is 9.97 Å². The van der Waals surface area contributed by atoms with Crippen molar-refractivity contribution in [2.24, 2.45) is 0 Å². The zero-order chi connectivity index (χ0) is 22.8. The van der Waals surface area contributed by atoms with Crippen molar-refractivity contribution >= 4 is 33.3 Å². The number of benzene rings is 1. The summed E-state index contributed by atoms with van der Waals surface area (Å²) in [6.07, 6.45) is 4.77. The number of thiophene rings is 1. The summed E-state index contributed by atoms with van der Waals surface area (Å²) < 4.78 is 5.67. The molecule has 8 heteroatoms.